The van der Waals surface area contributed by atoms with Crippen LogP contribution in [0.1, 0.15) is 68.6 Å². The van der Waals surface area contributed by atoms with Gasteiger partial charge >= 0.3 is 12.2 Å². The minimum absolute atomic E-state index is 0.201. The molecule has 0 bridgehead atoms. The third-order valence-electron chi connectivity index (χ3n) is 12.6. The molecule has 3 aliphatic rings. The summed E-state index contributed by atoms with van der Waals surface area (Å²) in [5.74, 6) is -0.0112. The van der Waals surface area contributed by atoms with Gasteiger partial charge in [0.15, 0.2) is 0 Å². The summed E-state index contributed by atoms with van der Waals surface area (Å²) in [6, 6.07) is 28.0. The predicted octanol–water partition coefficient (Wildman–Crippen LogP) is 7.97. The second-order valence-corrected chi connectivity index (χ2v) is 16.9. The van der Waals surface area contributed by atoms with Crippen molar-refractivity contribution in [2.45, 2.75) is 63.7 Å². The Balaban J connectivity index is 0.930. The van der Waals surface area contributed by atoms with Gasteiger partial charge in [0.25, 0.3) is 5.91 Å². The largest absolute Gasteiger partial charge is 0.496 e. The number of para-hydroxylation sites is 1. The van der Waals surface area contributed by atoms with E-state index in [2.05, 4.69) is 81.3 Å². The van der Waals surface area contributed by atoms with Crippen LogP contribution in [-0.4, -0.2) is 96.0 Å². The first-order valence-corrected chi connectivity index (χ1v) is 21.8. The Morgan fingerprint density at radius 2 is 1.49 bits per heavy atom. The first-order chi connectivity index (χ1) is 31.5. The van der Waals surface area contributed by atoms with Gasteiger partial charge in [-0.1, -0.05) is 80.6 Å². The van der Waals surface area contributed by atoms with Crippen molar-refractivity contribution in [3.8, 4) is 34.2 Å². The molecule has 4 heterocycles. The number of aromatic nitrogens is 2. The maximum Gasteiger partial charge on any atom is 0.407 e. The number of nitriles is 1. The Labute approximate surface area is 377 Å². The smallest absolute Gasteiger partial charge is 0.407 e. The lowest BCUT2D eigenvalue weighted by atomic mass is 9.95. The van der Waals surface area contributed by atoms with Gasteiger partial charge in [-0.15, -0.1) is 0 Å². The Bertz CT molecular complexity index is 2720. The molecule has 2 fully saturated rings. The number of likely N-dealkylation sites (tertiary alicyclic amines) is 2. The molecule has 0 saturated carbocycles. The number of rotatable bonds is 12. The molecule has 2 saturated heterocycles. The monoisotopic (exact) mass is 876 g/mol. The van der Waals surface area contributed by atoms with E-state index in [1.807, 2.05) is 37.1 Å². The van der Waals surface area contributed by atoms with Crippen LogP contribution in [0.4, 0.5) is 9.59 Å². The van der Waals surface area contributed by atoms with Gasteiger partial charge in [0.1, 0.15) is 23.7 Å². The van der Waals surface area contributed by atoms with Crippen LogP contribution in [0.2, 0.25) is 0 Å². The van der Waals surface area contributed by atoms with Crippen molar-refractivity contribution in [2.75, 3.05) is 34.4 Å². The fourth-order valence-electron chi connectivity index (χ4n) is 9.16. The fraction of sp³-hybridized carbons (Fsp3) is 0.340. The van der Waals surface area contributed by atoms with Gasteiger partial charge in [0.2, 0.25) is 5.91 Å². The molecule has 8 rings (SSSR count). The van der Waals surface area contributed by atoms with E-state index in [-0.39, 0.29) is 36.2 Å². The van der Waals surface area contributed by atoms with Crippen LogP contribution >= 0.6 is 0 Å². The van der Waals surface area contributed by atoms with Gasteiger partial charge < -0.3 is 39.6 Å². The number of benzene rings is 4. The number of aliphatic imine (C=N–C) groups is 1. The number of hydrogen-bond acceptors (Lipinski definition) is 10. The molecule has 5 atom stereocenters. The number of nitrogens with one attached hydrogen (secondary N) is 3. The zero-order valence-corrected chi connectivity index (χ0v) is 37.0. The van der Waals surface area contributed by atoms with Crippen molar-refractivity contribution in [3.63, 3.8) is 0 Å². The number of nitrogens with zero attached hydrogens (tertiary/aromatic N) is 5. The second kappa shape index (κ2) is 19.1. The number of imidazole rings is 1. The van der Waals surface area contributed by atoms with E-state index in [9.17, 15) is 24.4 Å². The molecule has 15 nitrogen and oxygen atoms in total. The van der Waals surface area contributed by atoms with Crippen LogP contribution in [-0.2, 0) is 19.1 Å². The second-order valence-electron chi connectivity index (χ2n) is 16.9. The lowest BCUT2D eigenvalue weighted by molar-refractivity contribution is -0.135. The number of alkyl carbamates (subject to hydrolysis) is 2. The standard InChI is InChI=1S/C50H52N8O7/c1-29(2)44(55-49(61)64-4)47(59)58-28-30(25-51)21-42(58)46-53-27-40(54-46)36-19-18-34-22-33(16-17-35(34)23-36)31-12-14-32(15-13-31)37-24-39(52-26-37)41-10-8-20-57(41)48(60)45(56-50(62)65-5)38-9-6-7-11-43(38)63-3/h6-7,9,11-19,22-23,26-27,29-30,41-42,44-45H,8,10,20-21,24,28H2,1-5H3,(H,53,54)(H,55,61)(H,56,62)/t30-,41+,42+,44+,45-/m1/s1. The van der Waals surface area contributed by atoms with Crippen molar-refractivity contribution in [2.24, 2.45) is 16.8 Å². The first-order valence-electron chi connectivity index (χ1n) is 21.8. The Kier molecular flexibility index (Phi) is 13.0. The number of fused-ring (bicyclic) bond motifs is 1. The van der Waals surface area contributed by atoms with Crippen LogP contribution < -0.4 is 15.4 Å². The third kappa shape index (κ3) is 9.15. The van der Waals surface area contributed by atoms with Crippen LogP contribution in [0.3, 0.4) is 0 Å². The Morgan fingerprint density at radius 3 is 2.20 bits per heavy atom. The molecule has 4 aromatic carbocycles. The summed E-state index contributed by atoms with van der Waals surface area (Å²) in [5.41, 5.74) is 7.45. The molecule has 3 aliphatic heterocycles. The summed E-state index contributed by atoms with van der Waals surface area (Å²) in [6.07, 6.45) is 4.89. The molecular formula is C50H52N8O7. The van der Waals surface area contributed by atoms with E-state index in [0.717, 1.165) is 62.8 Å². The average Bonchev–Trinajstić information content (AvgIpc) is 4.19. The van der Waals surface area contributed by atoms with Crippen molar-refractivity contribution >= 4 is 46.1 Å². The maximum absolute atomic E-state index is 14.2. The van der Waals surface area contributed by atoms with Crippen molar-refractivity contribution in [1.82, 2.24) is 30.4 Å². The van der Waals surface area contributed by atoms with Crippen molar-refractivity contribution in [3.05, 3.63) is 114 Å². The number of amides is 4. The van der Waals surface area contributed by atoms with Crippen molar-refractivity contribution < 1.29 is 33.4 Å². The molecule has 0 unspecified atom stereocenters. The van der Waals surface area contributed by atoms with E-state index in [0.29, 0.717) is 36.5 Å². The number of allylic oxidation sites excluding steroid dienone is 1. The summed E-state index contributed by atoms with van der Waals surface area (Å²) in [4.78, 5) is 68.8. The molecule has 1 aromatic heterocycles. The molecular weight excluding hydrogens is 825 g/mol. The summed E-state index contributed by atoms with van der Waals surface area (Å²) in [6.45, 7) is 4.49. The zero-order chi connectivity index (χ0) is 45.8. The highest BCUT2D eigenvalue weighted by molar-refractivity contribution is 6.04. The predicted molar refractivity (Wildman–Crippen MR) is 245 cm³/mol. The SMILES string of the molecule is COC(=O)N[C@H](C(=O)N1C[C@@H](C#N)C[C@H]1c1ncc(-c2ccc3cc(-c4ccc(C5=CN=C([C@@H]6CCCN6C(=O)[C@H](NC(=O)OC)c6ccccc6OC)C5)cc4)ccc3c2)[nH]1)C(C)C. The van der Waals surface area contributed by atoms with Crippen LogP contribution in [0.5, 0.6) is 5.75 Å². The molecule has 334 valence electrons. The van der Waals surface area contributed by atoms with Gasteiger partial charge in [-0.2, -0.15) is 5.26 Å². The highest BCUT2D eigenvalue weighted by Crippen LogP contribution is 2.38. The minimum atomic E-state index is -0.987. The summed E-state index contributed by atoms with van der Waals surface area (Å²) >= 11 is 0. The normalized spacial score (nSPS) is 19.0. The minimum Gasteiger partial charge on any atom is -0.496 e. The Hall–Kier alpha value is -7.47. The van der Waals surface area contributed by atoms with Gasteiger partial charge in [-0.3, -0.25) is 14.6 Å². The van der Waals surface area contributed by atoms with Gasteiger partial charge in [-0.05, 0) is 76.4 Å². The maximum atomic E-state index is 14.2. The van der Waals surface area contributed by atoms with Crippen molar-refractivity contribution in [1.29, 1.82) is 5.26 Å². The van der Waals surface area contributed by atoms with Crippen LogP contribution in [0.25, 0.3) is 38.7 Å². The van der Waals surface area contributed by atoms with E-state index < -0.39 is 30.3 Å². The van der Waals surface area contributed by atoms with E-state index in [1.165, 1.54) is 21.3 Å². The van der Waals surface area contributed by atoms with Gasteiger partial charge in [0.05, 0.1) is 57.3 Å². The van der Waals surface area contributed by atoms with E-state index >= 15 is 0 Å². The first kappa shape index (κ1) is 44.1. The van der Waals surface area contributed by atoms with Gasteiger partial charge in [-0.25, -0.2) is 14.6 Å². The summed E-state index contributed by atoms with van der Waals surface area (Å²) in [7, 11) is 4.06. The Morgan fingerprint density at radius 1 is 0.815 bits per heavy atom. The molecule has 0 aliphatic carbocycles. The third-order valence-corrected chi connectivity index (χ3v) is 12.6. The van der Waals surface area contributed by atoms with E-state index in [4.69, 9.17) is 19.2 Å². The summed E-state index contributed by atoms with van der Waals surface area (Å²) < 4.78 is 15.2. The fourth-order valence-corrected chi connectivity index (χ4v) is 9.16. The highest BCUT2D eigenvalue weighted by atomic mass is 16.5. The number of methoxy groups -OCH3 is 3. The molecule has 15 heteroatoms. The molecule has 5 aromatic rings. The molecule has 4 amide bonds. The quantitative estimate of drug-likeness (QED) is 0.112. The van der Waals surface area contributed by atoms with Gasteiger partial charge in [0, 0.05) is 42.5 Å². The average molecular weight is 877 g/mol. The zero-order valence-electron chi connectivity index (χ0n) is 37.0. The number of H-pyrrole nitrogens is 1. The number of hydrogen-bond donors (Lipinski definition) is 3. The molecule has 3 N–H and O–H groups in total. The number of carbonyl (C=O) groups excluding carboxylic acids is 4. The lowest BCUT2D eigenvalue weighted by Gasteiger charge is -2.30. The van der Waals surface area contributed by atoms with Crippen LogP contribution in [0, 0.1) is 23.2 Å². The summed E-state index contributed by atoms with van der Waals surface area (Å²) in [5, 5.41) is 17.3. The topological polar surface area (TPSA) is 191 Å². The number of ether oxygens (including phenoxy) is 3. The number of carbonyl (C=O) groups is 4. The molecule has 0 radical (unpaired) electrons. The van der Waals surface area contributed by atoms with Crippen LogP contribution in [0.15, 0.2) is 102 Å². The molecule has 65 heavy (non-hydrogen) atoms. The highest BCUT2D eigenvalue weighted by Gasteiger charge is 2.42. The van der Waals surface area contributed by atoms with E-state index in [1.54, 1.807) is 29.3 Å². The lowest BCUT2D eigenvalue weighted by Crippen LogP contribution is -2.51. The molecule has 0 spiro atoms. The number of aromatic amines is 1.